The van der Waals surface area contributed by atoms with Gasteiger partial charge in [-0.05, 0) is 30.0 Å². The summed E-state index contributed by atoms with van der Waals surface area (Å²) in [6, 6.07) is 7.70. The largest absolute Gasteiger partial charge is 0.423 e. The molecule has 2 heteroatoms. The molecule has 1 atom stereocenters. The van der Waals surface area contributed by atoms with Gasteiger partial charge in [0.1, 0.15) is 5.75 Å². The van der Waals surface area contributed by atoms with E-state index in [2.05, 4.69) is 20.4 Å². The molecule has 0 aliphatic carbocycles. The SMILES string of the molecule is C=CC(=O)Oc1ccc(C(C)CCCC)cc1. The molecule has 0 bridgehead atoms. The van der Waals surface area contributed by atoms with E-state index < -0.39 is 5.97 Å². The molecule has 1 aromatic rings. The van der Waals surface area contributed by atoms with Crippen LogP contribution in [0.25, 0.3) is 0 Å². The quantitative estimate of drug-likeness (QED) is 0.420. The van der Waals surface area contributed by atoms with Crippen molar-refractivity contribution in [3.63, 3.8) is 0 Å². The number of unbranched alkanes of at least 4 members (excludes halogenated alkanes) is 1. The summed E-state index contributed by atoms with van der Waals surface area (Å²) in [5.41, 5.74) is 1.29. The molecule has 0 spiro atoms. The summed E-state index contributed by atoms with van der Waals surface area (Å²) in [5.74, 6) is 0.706. The molecule has 2 nitrogen and oxygen atoms in total. The van der Waals surface area contributed by atoms with Gasteiger partial charge in [0.15, 0.2) is 0 Å². The lowest BCUT2D eigenvalue weighted by molar-refractivity contribution is -0.128. The van der Waals surface area contributed by atoms with E-state index in [1.165, 1.54) is 24.8 Å². The zero-order chi connectivity index (χ0) is 12.7. The van der Waals surface area contributed by atoms with Crippen LogP contribution in [0.1, 0.15) is 44.6 Å². The van der Waals surface area contributed by atoms with Crippen molar-refractivity contribution in [1.29, 1.82) is 0 Å². The van der Waals surface area contributed by atoms with E-state index in [0.29, 0.717) is 11.7 Å². The first-order valence-electron chi connectivity index (χ1n) is 6.11. The van der Waals surface area contributed by atoms with Gasteiger partial charge in [-0.2, -0.15) is 0 Å². The van der Waals surface area contributed by atoms with Crippen LogP contribution in [0.15, 0.2) is 36.9 Å². The van der Waals surface area contributed by atoms with E-state index in [-0.39, 0.29) is 0 Å². The van der Waals surface area contributed by atoms with E-state index in [0.717, 1.165) is 6.08 Å². The van der Waals surface area contributed by atoms with Crippen molar-refractivity contribution >= 4 is 5.97 Å². The van der Waals surface area contributed by atoms with Crippen LogP contribution < -0.4 is 4.74 Å². The molecule has 0 saturated heterocycles. The zero-order valence-corrected chi connectivity index (χ0v) is 10.6. The second-order valence-electron chi connectivity index (χ2n) is 4.24. The first-order valence-corrected chi connectivity index (χ1v) is 6.11. The Hall–Kier alpha value is -1.57. The third-order valence-electron chi connectivity index (χ3n) is 2.82. The molecular formula is C15H20O2. The first kappa shape index (κ1) is 13.5. The number of hydrogen-bond donors (Lipinski definition) is 0. The summed E-state index contributed by atoms with van der Waals surface area (Å²) in [6.45, 7) is 7.78. The number of rotatable bonds is 6. The van der Waals surface area contributed by atoms with Gasteiger partial charge >= 0.3 is 5.97 Å². The summed E-state index contributed by atoms with van der Waals surface area (Å²) < 4.78 is 5.02. The highest BCUT2D eigenvalue weighted by atomic mass is 16.5. The van der Waals surface area contributed by atoms with Gasteiger partial charge in [-0.25, -0.2) is 4.79 Å². The summed E-state index contributed by atoms with van der Waals surface area (Å²) >= 11 is 0. The van der Waals surface area contributed by atoms with Crippen molar-refractivity contribution < 1.29 is 9.53 Å². The Kier molecular flexibility index (Phi) is 5.47. The van der Waals surface area contributed by atoms with E-state index in [1.54, 1.807) is 0 Å². The molecule has 0 aliphatic heterocycles. The maximum atomic E-state index is 11.0. The van der Waals surface area contributed by atoms with Gasteiger partial charge < -0.3 is 4.74 Å². The molecular weight excluding hydrogens is 212 g/mol. The highest BCUT2D eigenvalue weighted by molar-refractivity contribution is 5.83. The summed E-state index contributed by atoms with van der Waals surface area (Å²) in [7, 11) is 0. The Labute approximate surface area is 103 Å². The van der Waals surface area contributed by atoms with Gasteiger partial charge in [0.2, 0.25) is 0 Å². The molecule has 0 heterocycles. The minimum Gasteiger partial charge on any atom is -0.423 e. The van der Waals surface area contributed by atoms with Crippen molar-refractivity contribution in [3.8, 4) is 5.75 Å². The molecule has 0 N–H and O–H groups in total. The summed E-state index contributed by atoms with van der Waals surface area (Å²) in [5, 5.41) is 0. The molecule has 0 fully saturated rings. The highest BCUT2D eigenvalue weighted by Crippen LogP contribution is 2.23. The normalized spacial score (nSPS) is 11.9. The van der Waals surface area contributed by atoms with Crippen LogP contribution in [0.2, 0.25) is 0 Å². The van der Waals surface area contributed by atoms with Crippen molar-refractivity contribution in [1.82, 2.24) is 0 Å². The maximum Gasteiger partial charge on any atom is 0.335 e. The molecule has 0 saturated carbocycles. The second-order valence-corrected chi connectivity index (χ2v) is 4.24. The lowest BCUT2D eigenvalue weighted by Gasteiger charge is -2.11. The predicted octanol–water partition coefficient (Wildman–Crippen LogP) is 4.07. The number of ether oxygens (including phenoxy) is 1. The minimum atomic E-state index is -0.420. The Morgan fingerprint density at radius 1 is 1.41 bits per heavy atom. The second kappa shape index (κ2) is 6.89. The van der Waals surface area contributed by atoms with Crippen molar-refractivity contribution in [2.24, 2.45) is 0 Å². The van der Waals surface area contributed by atoms with Crippen LogP contribution in [0, 0.1) is 0 Å². The zero-order valence-electron chi connectivity index (χ0n) is 10.6. The van der Waals surface area contributed by atoms with Crippen molar-refractivity contribution in [2.45, 2.75) is 39.0 Å². The number of esters is 1. The molecule has 92 valence electrons. The number of benzene rings is 1. The Morgan fingerprint density at radius 2 is 2.06 bits per heavy atom. The average Bonchev–Trinajstić information content (AvgIpc) is 2.36. The van der Waals surface area contributed by atoms with Gasteiger partial charge in [0.05, 0.1) is 0 Å². The van der Waals surface area contributed by atoms with Crippen LogP contribution in [-0.4, -0.2) is 5.97 Å². The fourth-order valence-electron chi connectivity index (χ4n) is 1.70. The lowest BCUT2D eigenvalue weighted by Crippen LogP contribution is -2.03. The standard InChI is InChI=1S/C15H20O2/c1-4-6-7-12(3)13-8-10-14(11-9-13)17-15(16)5-2/h5,8-12H,2,4,6-7H2,1,3H3. The topological polar surface area (TPSA) is 26.3 Å². The van der Waals surface area contributed by atoms with Crippen LogP contribution in [0.5, 0.6) is 5.75 Å². The summed E-state index contributed by atoms with van der Waals surface area (Å²) in [6.07, 6.45) is 4.83. The first-order chi connectivity index (χ1) is 8.17. The Balaban J connectivity index is 2.60. The molecule has 0 aromatic heterocycles. The molecule has 1 unspecified atom stereocenters. The molecule has 17 heavy (non-hydrogen) atoms. The van der Waals surface area contributed by atoms with E-state index in [4.69, 9.17) is 4.74 Å². The Bertz CT molecular complexity index is 365. The predicted molar refractivity (Wildman–Crippen MR) is 70.2 cm³/mol. The van der Waals surface area contributed by atoms with E-state index in [9.17, 15) is 4.79 Å². The number of hydrogen-bond acceptors (Lipinski definition) is 2. The minimum absolute atomic E-state index is 0.420. The molecule has 0 radical (unpaired) electrons. The fraction of sp³-hybridized carbons (Fsp3) is 0.400. The van der Waals surface area contributed by atoms with Gasteiger partial charge in [-0.3, -0.25) is 0 Å². The van der Waals surface area contributed by atoms with Crippen LogP contribution in [-0.2, 0) is 4.79 Å². The molecule has 1 aromatic carbocycles. The van der Waals surface area contributed by atoms with Gasteiger partial charge in [0.25, 0.3) is 0 Å². The monoisotopic (exact) mass is 232 g/mol. The van der Waals surface area contributed by atoms with Gasteiger partial charge in [-0.15, -0.1) is 0 Å². The number of carbonyl (C=O) groups is 1. The lowest BCUT2D eigenvalue weighted by atomic mass is 9.96. The van der Waals surface area contributed by atoms with Gasteiger partial charge in [-0.1, -0.05) is 45.4 Å². The van der Waals surface area contributed by atoms with E-state index in [1.807, 2.05) is 24.3 Å². The van der Waals surface area contributed by atoms with Crippen molar-refractivity contribution in [2.75, 3.05) is 0 Å². The third-order valence-corrected chi connectivity index (χ3v) is 2.82. The molecule has 0 aliphatic rings. The van der Waals surface area contributed by atoms with Crippen LogP contribution in [0.3, 0.4) is 0 Å². The third kappa shape index (κ3) is 4.43. The Morgan fingerprint density at radius 3 is 2.59 bits per heavy atom. The van der Waals surface area contributed by atoms with Crippen LogP contribution in [0.4, 0.5) is 0 Å². The van der Waals surface area contributed by atoms with E-state index >= 15 is 0 Å². The smallest absolute Gasteiger partial charge is 0.335 e. The van der Waals surface area contributed by atoms with Crippen molar-refractivity contribution in [3.05, 3.63) is 42.5 Å². The average molecular weight is 232 g/mol. The highest BCUT2D eigenvalue weighted by Gasteiger charge is 2.05. The molecule has 1 rings (SSSR count). The summed E-state index contributed by atoms with van der Waals surface area (Å²) in [4.78, 5) is 11.0. The fourth-order valence-corrected chi connectivity index (χ4v) is 1.70. The number of carbonyl (C=O) groups excluding carboxylic acids is 1. The molecule has 0 amide bonds. The maximum absolute atomic E-state index is 11.0. The van der Waals surface area contributed by atoms with Gasteiger partial charge in [0, 0.05) is 6.08 Å². The van der Waals surface area contributed by atoms with Crippen LogP contribution >= 0.6 is 0 Å².